The Balaban J connectivity index is 2.17. The van der Waals surface area contributed by atoms with Gasteiger partial charge >= 0.3 is 0 Å². The second-order valence-electron chi connectivity index (χ2n) is 3.79. The third-order valence-electron chi connectivity index (χ3n) is 2.17. The first-order valence-corrected chi connectivity index (χ1v) is 7.89. The van der Waals surface area contributed by atoms with Crippen molar-refractivity contribution in [3.8, 4) is 0 Å². The molecule has 0 unspecified atom stereocenters. The number of amides is 1. The zero-order valence-electron chi connectivity index (χ0n) is 10.7. The molecule has 0 aliphatic carbocycles. The molecule has 0 saturated heterocycles. The number of carbonyl (C=O) groups is 1. The van der Waals surface area contributed by atoms with E-state index in [1.807, 2.05) is 6.92 Å². The number of carbonyl (C=O) groups excluding carboxylic acids is 1. The van der Waals surface area contributed by atoms with Gasteiger partial charge in [0.05, 0.1) is 0 Å². The van der Waals surface area contributed by atoms with Gasteiger partial charge < -0.3 is 5.32 Å². The quantitative estimate of drug-likeness (QED) is 0.692. The van der Waals surface area contributed by atoms with Crippen LogP contribution in [0, 0.1) is 0 Å². The molecular formula is C9H12N6O3S2. The fourth-order valence-electron chi connectivity index (χ4n) is 1.30. The van der Waals surface area contributed by atoms with Crippen molar-refractivity contribution >= 4 is 38.2 Å². The molecule has 3 N–H and O–H groups in total. The molecule has 2 aromatic rings. The summed E-state index contributed by atoms with van der Waals surface area (Å²) in [6.45, 7) is 3.21. The molecule has 2 aromatic heterocycles. The van der Waals surface area contributed by atoms with Crippen molar-refractivity contribution in [1.29, 1.82) is 0 Å². The van der Waals surface area contributed by atoms with Crippen LogP contribution in [-0.4, -0.2) is 34.7 Å². The fraction of sp³-hybridized carbons (Fsp3) is 0.333. The van der Waals surface area contributed by atoms with E-state index >= 15 is 0 Å². The predicted molar refractivity (Wildman–Crippen MR) is 73.0 cm³/mol. The van der Waals surface area contributed by atoms with Crippen molar-refractivity contribution in [2.45, 2.75) is 24.6 Å². The zero-order chi connectivity index (χ0) is 14.8. The highest BCUT2D eigenvalue weighted by Crippen LogP contribution is 2.22. The van der Waals surface area contributed by atoms with Gasteiger partial charge in [-0.2, -0.15) is 13.5 Å². The number of hydrogen-bond acceptors (Lipinski definition) is 7. The third-order valence-corrected chi connectivity index (χ3v) is 4.73. The average molecular weight is 316 g/mol. The van der Waals surface area contributed by atoms with Gasteiger partial charge in [0.2, 0.25) is 11.0 Å². The average Bonchev–Trinajstić information content (AvgIpc) is 2.97. The van der Waals surface area contributed by atoms with Crippen molar-refractivity contribution in [1.82, 2.24) is 20.4 Å². The molecule has 11 heteroatoms. The molecule has 0 saturated carbocycles. The molecular weight excluding hydrogens is 304 g/mol. The molecule has 2 rings (SSSR count). The van der Waals surface area contributed by atoms with Crippen LogP contribution in [0.15, 0.2) is 10.4 Å². The van der Waals surface area contributed by atoms with E-state index in [2.05, 4.69) is 30.4 Å². The molecule has 9 nitrogen and oxygen atoms in total. The fourth-order valence-corrected chi connectivity index (χ4v) is 3.24. The van der Waals surface area contributed by atoms with Crippen molar-refractivity contribution < 1.29 is 13.2 Å². The van der Waals surface area contributed by atoms with Crippen LogP contribution in [0.4, 0.5) is 10.9 Å². The molecule has 1 amide bonds. The molecule has 0 spiro atoms. The molecule has 0 aliphatic rings. The van der Waals surface area contributed by atoms with E-state index < -0.39 is 10.0 Å². The Hall–Kier alpha value is -2.01. The lowest BCUT2D eigenvalue weighted by molar-refractivity contribution is -0.114. The summed E-state index contributed by atoms with van der Waals surface area (Å²) in [6.07, 6.45) is 0.709. The highest BCUT2D eigenvalue weighted by Gasteiger charge is 2.21. The van der Waals surface area contributed by atoms with Gasteiger partial charge in [0.1, 0.15) is 0 Å². The van der Waals surface area contributed by atoms with Crippen LogP contribution in [0.25, 0.3) is 0 Å². The monoisotopic (exact) mass is 316 g/mol. The number of aromatic amines is 1. The number of hydrogen-bond donors (Lipinski definition) is 3. The second kappa shape index (κ2) is 5.54. The minimum absolute atomic E-state index is 0.120. The van der Waals surface area contributed by atoms with E-state index in [9.17, 15) is 13.2 Å². The summed E-state index contributed by atoms with van der Waals surface area (Å²) in [5, 5.41) is 16.1. The van der Waals surface area contributed by atoms with Crippen molar-refractivity contribution in [3.63, 3.8) is 0 Å². The number of anilines is 2. The molecule has 0 radical (unpaired) electrons. The van der Waals surface area contributed by atoms with Gasteiger partial charge in [0.25, 0.3) is 14.4 Å². The van der Waals surface area contributed by atoms with Crippen LogP contribution in [0.1, 0.15) is 19.5 Å². The number of H-pyrrole nitrogens is 1. The molecule has 0 fully saturated rings. The maximum atomic E-state index is 12.0. The smallest absolute Gasteiger partial charge is 0.292 e. The van der Waals surface area contributed by atoms with Crippen LogP contribution in [0.5, 0.6) is 0 Å². The minimum atomic E-state index is -3.86. The minimum Gasteiger partial charge on any atom is -0.301 e. The highest BCUT2D eigenvalue weighted by molar-refractivity contribution is 7.94. The van der Waals surface area contributed by atoms with Crippen LogP contribution in [0.2, 0.25) is 0 Å². The van der Waals surface area contributed by atoms with Crippen molar-refractivity contribution in [2.24, 2.45) is 0 Å². The summed E-state index contributed by atoms with van der Waals surface area (Å²) < 4.78 is 26.1. The van der Waals surface area contributed by atoms with Gasteiger partial charge in [0.15, 0.2) is 5.82 Å². The summed E-state index contributed by atoms with van der Waals surface area (Å²) >= 11 is 0.757. The Morgan fingerprint density at radius 1 is 1.45 bits per heavy atom. The molecule has 0 aromatic carbocycles. The van der Waals surface area contributed by atoms with E-state index in [4.69, 9.17) is 0 Å². The maximum Gasteiger partial charge on any atom is 0.292 e. The van der Waals surface area contributed by atoms with Gasteiger partial charge in [0, 0.05) is 18.7 Å². The lowest BCUT2D eigenvalue weighted by atomic mass is 10.3. The van der Waals surface area contributed by atoms with Crippen molar-refractivity contribution in [2.75, 3.05) is 10.0 Å². The largest absolute Gasteiger partial charge is 0.301 e. The van der Waals surface area contributed by atoms with Crippen LogP contribution >= 0.6 is 11.3 Å². The maximum absolute atomic E-state index is 12.0. The lowest BCUT2D eigenvalue weighted by Crippen LogP contribution is -2.13. The number of sulfonamides is 1. The molecule has 2 heterocycles. The SMILES string of the molecule is CCc1cc(NS(=O)(=O)c2nnc(NC(C)=O)s2)n[nH]1. The Labute approximate surface area is 118 Å². The highest BCUT2D eigenvalue weighted by atomic mass is 32.2. The van der Waals surface area contributed by atoms with E-state index in [0.29, 0.717) is 6.42 Å². The molecule has 0 bridgehead atoms. The van der Waals surface area contributed by atoms with Gasteiger partial charge in [-0.25, -0.2) is 0 Å². The Kier molecular flexibility index (Phi) is 3.99. The van der Waals surface area contributed by atoms with Gasteiger partial charge in [-0.15, -0.1) is 10.2 Å². The first kappa shape index (κ1) is 14.4. The van der Waals surface area contributed by atoms with Gasteiger partial charge in [-0.1, -0.05) is 18.3 Å². The van der Waals surface area contributed by atoms with E-state index in [-0.39, 0.29) is 21.2 Å². The molecule has 20 heavy (non-hydrogen) atoms. The third kappa shape index (κ3) is 3.30. The summed E-state index contributed by atoms with van der Waals surface area (Å²) in [4.78, 5) is 10.8. The van der Waals surface area contributed by atoms with Gasteiger partial charge in [-0.3, -0.25) is 14.6 Å². The summed E-state index contributed by atoms with van der Waals surface area (Å²) in [5.41, 5.74) is 0.805. The van der Waals surface area contributed by atoms with Crippen molar-refractivity contribution in [3.05, 3.63) is 11.8 Å². The first-order chi connectivity index (χ1) is 9.40. The normalized spacial score (nSPS) is 11.3. The van der Waals surface area contributed by atoms with E-state index in [1.165, 1.54) is 6.92 Å². The van der Waals surface area contributed by atoms with E-state index in [1.54, 1.807) is 6.07 Å². The number of rotatable bonds is 5. The topological polar surface area (TPSA) is 130 Å². The molecule has 0 aliphatic heterocycles. The van der Waals surface area contributed by atoms with Crippen LogP contribution in [0.3, 0.4) is 0 Å². The summed E-state index contributed by atoms with van der Waals surface area (Å²) in [6, 6.07) is 1.59. The number of nitrogens with one attached hydrogen (secondary N) is 3. The second-order valence-corrected chi connectivity index (χ2v) is 6.63. The lowest BCUT2D eigenvalue weighted by Gasteiger charge is -1.99. The molecule has 108 valence electrons. The van der Waals surface area contributed by atoms with Crippen LogP contribution < -0.4 is 10.0 Å². The first-order valence-electron chi connectivity index (χ1n) is 5.59. The van der Waals surface area contributed by atoms with Gasteiger partial charge in [-0.05, 0) is 6.42 Å². The predicted octanol–water partition coefficient (Wildman–Crippen LogP) is 0.583. The number of aromatic nitrogens is 4. The Morgan fingerprint density at radius 3 is 2.80 bits per heavy atom. The summed E-state index contributed by atoms with van der Waals surface area (Å²) in [7, 11) is -3.86. The number of aryl methyl sites for hydroxylation is 1. The Bertz CT molecular complexity index is 720. The van der Waals surface area contributed by atoms with E-state index in [0.717, 1.165) is 17.0 Å². The molecule has 0 atom stereocenters. The summed E-state index contributed by atoms with van der Waals surface area (Å²) in [5.74, 6) is -0.170. The zero-order valence-corrected chi connectivity index (χ0v) is 12.3. The number of nitrogens with zero attached hydrogens (tertiary/aromatic N) is 3. The standard InChI is InChI=1S/C9H12N6O3S2/c1-3-6-4-7(12-11-6)15-20(17,18)9-14-13-8(19-9)10-5(2)16/h4H,3H2,1-2H3,(H,10,13,16)(H2,11,12,15). The van der Waals surface area contributed by atoms with Crippen LogP contribution in [-0.2, 0) is 21.2 Å². The Morgan fingerprint density at radius 2 is 2.20 bits per heavy atom.